The maximum Gasteiger partial charge on any atom is 0.196 e. The number of fused-ring (bicyclic) bond motifs is 1. The van der Waals surface area contributed by atoms with Gasteiger partial charge in [-0.2, -0.15) is 0 Å². The molecule has 0 aliphatic carbocycles. The van der Waals surface area contributed by atoms with Gasteiger partial charge in [0.1, 0.15) is 11.6 Å². The molecule has 5 heteroatoms. The highest BCUT2D eigenvalue weighted by molar-refractivity contribution is 9.10. The van der Waals surface area contributed by atoms with Crippen LogP contribution in [0.25, 0.3) is 0 Å². The van der Waals surface area contributed by atoms with Crippen LogP contribution in [0.15, 0.2) is 34.8 Å². The predicted octanol–water partition coefficient (Wildman–Crippen LogP) is 4.41. The first-order valence-electron chi connectivity index (χ1n) is 6.00. The molecule has 0 aromatic heterocycles. The van der Waals surface area contributed by atoms with Crippen molar-refractivity contribution in [1.82, 2.24) is 0 Å². The third kappa shape index (κ3) is 2.45. The fraction of sp³-hybridized carbons (Fsp3) is 0.133. The Morgan fingerprint density at radius 1 is 1.25 bits per heavy atom. The summed E-state index contributed by atoms with van der Waals surface area (Å²) in [5, 5.41) is 0.480. The minimum Gasteiger partial charge on any atom is -0.492 e. The predicted molar refractivity (Wildman–Crippen MR) is 78.2 cm³/mol. The van der Waals surface area contributed by atoms with Crippen molar-refractivity contribution in [2.75, 3.05) is 6.61 Å². The summed E-state index contributed by atoms with van der Waals surface area (Å²) in [6.07, 6.45) is 0.725. The summed E-state index contributed by atoms with van der Waals surface area (Å²) in [5.41, 5.74) is 1.55. The van der Waals surface area contributed by atoms with Crippen molar-refractivity contribution < 1.29 is 13.9 Å². The van der Waals surface area contributed by atoms with Crippen LogP contribution in [0.3, 0.4) is 0 Å². The van der Waals surface area contributed by atoms with Gasteiger partial charge in [0.15, 0.2) is 5.78 Å². The molecule has 0 amide bonds. The Hall–Kier alpha value is -1.39. The molecule has 0 atom stereocenters. The van der Waals surface area contributed by atoms with Gasteiger partial charge in [-0.25, -0.2) is 4.39 Å². The van der Waals surface area contributed by atoms with Gasteiger partial charge in [0.2, 0.25) is 0 Å². The van der Waals surface area contributed by atoms with Crippen LogP contribution in [-0.4, -0.2) is 12.4 Å². The number of ether oxygens (including phenoxy) is 1. The fourth-order valence-corrected chi connectivity index (χ4v) is 2.98. The van der Waals surface area contributed by atoms with Crippen molar-refractivity contribution in [2.24, 2.45) is 0 Å². The highest BCUT2D eigenvalue weighted by Gasteiger charge is 2.23. The number of carbonyl (C=O) groups excluding carboxylic acids is 1. The van der Waals surface area contributed by atoms with E-state index < -0.39 is 5.82 Å². The van der Waals surface area contributed by atoms with Crippen molar-refractivity contribution in [3.63, 3.8) is 0 Å². The average molecular weight is 356 g/mol. The quantitative estimate of drug-likeness (QED) is 0.746. The number of carbonyl (C=O) groups is 1. The summed E-state index contributed by atoms with van der Waals surface area (Å²) in [4.78, 5) is 12.5. The lowest BCUT2D eigenvalue weighted by Crippen LogP contribution is -2.04. The molecule has 1 aliphatic heterocycles. The third-order valence-electron chi connectivity index (χ3n) is 3.12. The molecule has 2 aromatic rings. The summed E-state index contributed by atoms with van der Waals surface area (Å²) in [5.74, 6) is -0.215. The maximum atomic E-state index is 13.4. The van der Waals surface area contributed by atoms with Crippen molar-refractivity contribution in [3.05, 3.63) is 62.3 Å². The number of ketones is 1. The molecule has 0 saturated carbocycles. The van der Waals surface area contributed by atoms with Crippen LogP contribution in [-0.2, 0) is 6.42 Å². The molecule has 3 rings (SSSR count). The van der Waals surface area contributed by atoms with Gasteiger partial charge in [0, 0.05) is 21.5 Å². The molecule has 0 bridgehead atoms. The number of hydrogen-bond acceptors (Lipinski definition) is 2. The molecule has 102 valence electrons. The SMILES string of the molecule is O=C(c1cc(F)cc(Br)c1)c1cc(Cl)cc2c1OCC2. The van der Waals surface area contributed by atoms with Gasteiger partial charge in [0.25, 0.3) is 0 Å². The van der Waals surface area contributed by atoms with E-state index in [1.54, 1.807) is 18.2 Å². The Kier molecular flexibility index (Phi) is 3.52. The van der Waals surface area contributed by atoms with E-state index in [0.717, 1.165) is 12.0 Å². The van der Waals surface area contributed by atoms with Gasteiger partial charge in [-0.1, -0.05) is 27.5 Å². The van der Waals surface area contributed by atoms with E-state index in [2.05, 4.69) is 15.9 Å². The lowest BCUT2D eigenvalue weighted by Gasteiger charge is -2.08. The van der Waals surface area contributed by atoms with Crippen molar-refractivity contribution in [2.45, 2.75) is 6.42 Å². The van der Waals surface area contributed by atoms with Gasteiger partial charge < -0.3 is 4.74 Å². The van der Waals surface area contributed by atoms with Crippen molar-refractivity contribution in [3.8, 4) is 5.75 Å². The lowest BCUT2D eigenvalue weighted by molar-refractivity contribution is 0.103. The van der Waals surface area contributed by atoms with Gasteiger partial charge >= 0.3 is 0 Å². The maximum absolute atomic E-state index is 13.4. The number of benzene rings is 2. The van der Waals surface area contributed by atoms with Crippen molar-refractivity contribution in [1.29, 1.82) is 0 Å². The molecule has 0 fully saturated rings. The van der Waals surface area contributed by atoms with Gasteiger partial charge in [0.05, 0.1) is 12.2 Å². The van der Waals surface area contributed by atoms with Crippen LogP contribution in [0.4, 0.5) is 4.39 Å². The summed E-state index contributed by atoms with van der Waals surface area (Å²) >= 11 is 9.21. The Balaban J connectivity index is 2.11. The van der Waals surface area contributed by atoms with E-state index in [0.29, 0.717) is 27.4 Å². The van der Waals surface area contributed by atoms with Gasteiger partial charge in [-0.3, -0.25) is 4.79 Å². The van der Waals surface area contributed by atoms with E-state index in [1.165, 1.54) is 12.1 Å². The molecule has 2 nitrogen and oxygen atoms in total. The topological polar surface area (TPSA) is 26.3 Å². The zero-order valence-corrected chi connectivity index (χ0v) is 12.6. The van der Waals surface area contributed by atoms with Crippen LogP contribution in [0.2, 0.25) is 5.02 Å². The molecule has 0 unspecified atom stereocenters. The Bertz CT molecular complexity index is 695. The largest absolute Gasteiger partial charge is 0.492 e. The summed E-state index contributed by atoms with van der Waals surface area (Å²) in [6, 6.07) is 7.44. The minimum absolute atomic E-state index is 0.261. The molecule has 0 saturated heterocycles. The standard InChI is InChI=1S/C15H9BrClFO2/c16-10-3-9(5-12(18)6-10)14(19)13-7-11(17)4-8-1-2-20-15(8)13/h3-7H,1-2H2. The third-order valence-corrected chi connectivity index (χ3v) is 3.79. The van der Waals surface area contributed by atoms with E-state index in [-0.39, 0.29) is 11.3 Å². The minimum atomic E-state index is -0.470. The van der Waals surface area contributed by atoms with Crippen LogP contribution in [0.1, 0.15) is 21.5 Å². The molecule has 1 aliphatic rings. The smallest absolute Gasteiger partial charge is 0.196 e. The molecule has 1 heterocycles. The number of rotatable bonds is 2. The van der Waals surface area contributed by atoms with E-state index >= 15 is 0 Å². The molecule has 0 spiro atoms. The van der Waals surface area contributed by atoms with E-state index in [1.807, 2.05) is 0 Å². The van der Waals surface area contributed by atoms with Crippen LogP contribution >= 0.6 is 27.5 Å². The molecule has 0 radical (unpaired) electrons. The monoisotopic (exact) mass is 354 g/mol. The van der Waals surface area contributed by atoms with E-state index in [9.17, 15) is 9.18 Å². The first kappa shape index (κ1) is 13.6. The van der Waals surface area contributed by atoms with E-state index in [4.69, 9.17) is 16.3 Å². The van der Waals surface area contributed by atoms with Crippen LogP contribution < -0.4 is 4.74 Å². The van der Waals surface area contributed by atoms with Crippen LogP contribution in [0.5, 0.6) is 5.75 Å². The normalized spacial score (nSPS) is 12.9. The zero-order valence-electron chi connectivity index (χ0n) is 10.3. The average Bonchev–Trinajstić information content (AvgIpc) is 2.83. The van der Waals surface area contributed by atoms with Crippen molar-refractivity contribution >= 4 is 33.3 Å². The molecular formula is C15H9BrClFO2. The summed E-state index contributed by atoms with van der Waals surface area (Å²) in [6.45, 7) is 0.531. The summed E-state index contributed by atoms with van der Waals surface area (Å²) in [7, 11) is 0. The zero-order chi connectivity index (χ0) is 14.3. The highest BCUT2D eigenvalue weighted by atomic mass is 79.9. The molecule has 0 N–H and O–H groups in total. The molecule has 20 heavy (non-hydrogen) atoms. The summed E-state index contributed by atoms with van der Waals surface area (Å²) < 4.78 is 19.4. The number of halogens is 3. The van der Waals surface area contributed by atoms with Gasteiger partial charge in [-0.15, -0.1) is 0 Å². The first-order valence-corrected chi connectivity index (χ1v) is 7.18. The number of hydrogen-bond donors (Lipinski definition) is 0. The molecule has 2 aromatic carbocycles. The highest BCUT2D eigenvalue weighted by Crippen LogP contribution is 2.34. The Morgan fingerprint density at radius 3 is 2.80 bits per heavy atom. The Labute approximate surface area is 128 Å². The molecular weight excluding hydrogens is 347 g/mol. The second-order valence-corrected chi connectivity index (χ2v) is 5.88. The second kappa shape index (κ2) is 5.19. The van der Waals surface area contributed by atoms with Gasteiger partial charge in [-0.05, 0) is 35.9 Å². The Morgan fingerprint density at radius 2 is 2.05 bits per heavy atom. The second-order valence-electron chi connectivity index (χ2n) is 4.53. The fourth-order valence-electron chi connectivity index (χ4n) is 2.28. The lowest BCUT2D eigenvalue weighted by atomic mass is 9.99. The first-order chi connectivity index (χ1) is 9.54. The van der Waals surface area contributed by atoms with Crippen LogP contribution in [0, 0.1) is 5.82 Å².